The van der Waals surface area contributed by atoms with Crippen molar-refractivity contribution in [2.75, 3.05) is 0 Å². The summed E-state index contributed by atoms with van der Waals surface area (Å²) in [6, 6.07) is 0.320. The van der Waals surface area contributed by atoms with Gasteiger partial charge in [-0.2, -0.15) is 0 Å². The Bertz CT molecular complexity index is 306. The lowest BCUT2D eigenvalue weighted by Gasteiger charge is -2.13. The summed E-state index contributed by atoms with van der Waals surface area (Å²) in [6.45, 7) is 2.00. The largest absolute Gasteiger partial charge is 0.481 e. The summed E-state index contributed by atoms with van der Waals surface area (Å²) in [5, 5.41) is 14.3. The van der Waals surface area contributed by atoms with E-state index in [9.17, 15) is 9.59 Å². The van der Waals surface area contributed by atoms with Crippen LogP contribution in [0, 0.1) is 11.8 Å². The second-order valence-electron chi connectivity index (χ2n) is 4.94. The van der Waals surface area contributed by atoms with Crippen molar-refractivity contribution < 1.29 is 14.7 Å². The summed E-state index contributed by atoms with van der Waals surface area (Å²) in [5.74, 6) is 0.447. The first-order chi connectivity index (χ1) is 7.56. The minimum Gasteiger partial charge on any atom is -0.481 e. The number of carboxylic acid groups (broad SMARTS) is 1. The van der Waals surface area contributed by atoms with Gasteiger partial charge in [-0.3, -0.25) is 4.79 Å². The number of hydrogen-bond acceptors (Lipinski definition) is 2. The van der Waals surface area contributed by atoms with E-state index in [4.69, 9.17) is 5.11 Å². The molecule has 2 rings (SSSR count). The molecule has 1 saturated heterocycles. The van der Waals surface area contributed by atoms with E-state index in [2.05, 4.69) is 10.6 Å². The molecule has 5 heteroatoms. The fourth-order valence-corrected chi connectivity index (χ4v) is 2.49. The lowest BCUT2D eigenvalue weighted by atomic mass is 10.0. The fraction of sp³-hybridized carbons (Fsp3) is 0.818. The summed E-state index contributed by atoms with van der Waals surface area (Å²) in [5.41, 5.74) is 0. The molecule has 1 heterocycles. The van der Waals surface area contributed by atoms with Gasteiger partial charge in [-0.05, 0) is 38.0 Å². The van der Waals surface area contributed by atoms with Crippen molar-refractivity contribution in [2.45, 2.75) is 44.7 Å². The first kappa shape index (κ1) is 11.2. The Morgan fingerprint density at radius 2 is 2.19 bits per heavy atom. The van der Waals surface area contributed by atoms with Gasteiger partial charge in [-0.25, -0.2) is 4.79 Å². The molecule has 1 aliphatic carbocycles. The monoisotopic (exact) mass is 226 g/mol. The molecule has 0 unspecified atom stereocenters. The van der Waals surface area contributed by atoms with Gasteiger partial charge in [-0.15, -0.1) is 0 Å². The highest BCUT2D eigenvalue weighted by molar-refractivity contribution is 5.77. The molecular weight excluding hydrogens is 208 g/mol. The van der Waals surface area contributed by atoms with Gasteiger partial charge >= 0.3 is 12.0 Å². The number of urea groups is 1. The number of nitrogens with one attached hydrogen (secondary N) is 2. The van der Waals surface area contributed by atoms with Gasteiger partial charge in [0.25, 0.3) is 0 Å². The first-order valence-electron chi connectivity index (χ1n) is 5.85. The van der Waals surface area contributed by atoms with Gasteiger partial charge in [0.2, 0.25) is 0 Å². The number of amides is 2. The molecule has 90 valence electrons. The van der Waals surface area contributed by atoms with Crippen molar-refractivity contribution in [1.29, 1.82) is 0 Å². The summed E-state index contributed by atoms with van der Waals surface area (Å²) in [7, 11) is 0. The molecule has 5 nitrogen and oxygen atoms in total. The highest BCUT2D eigenvalue weighted by Crippen LogP contribution is 2.45. The summed E-state index contributed by atoms with van der Waals surface area (Å²) in [6.07, 6.45) is 3.14. The molecule has 2 amide bonds. The van der Waals surface area contributed by atoms with Crippen LogP contribution in [0.3, 0.4) is 0 Å². The number of rotatable bonds is 5. The van der Waals surface area contributed by atoms with Crippen LogP contribution in [0.5, 0.6) is 0 Å². The molecule has 3 N–H and O–H groups in total. The molecule has 0 aromatic carbocycles. The molecule has 0 aromatic rings. The van der Waals surface area contributed by atoms with Gasteiger partial charge in [-0.1, -0.05) is 0 Å². The zero-order chi connectivity index (χ0) is 11.7. The van der Waals surface area contributed by atoms with E-state index in [1.165, 1.54) is 0 Å². The number of carboxylic acids is 1. The maximum absolute atomic E-state index is 11.1. The van der Waals surface area contributed by atoms with Gasteiger partial charge in [0.1, 0.15) is 0 Å². The maximum Gasteiger partial charge on any atom is 0.315 e. The molecule has 0 aromatic heterocycles. The average molecular weight is 226 g/mol. The molecule has 4 atom stereocenters. The van der Waals surface area contributed by atoms with Crippen molar-refractivity contribution in [2.24, 2.45) is 11.8 Å². The molecule has 1 aliphatic heterocycles. The van der Waals surface area contributed by atoms with Crippen LogP contribution < -0.4 is 10.6 Å². The second-order valence-corrected chi connectivity index (χ2v) is 4.94. The highest BCUT2D eigenvalue weighted by Gasteiger charge is 2.41. The van der Waals surface area contributed by atoms with E-state index in [0.717, 1.165) is 19.3 Å². The van der Waals surface area contributed by atoms with E-state index < -0.39 is 5.97 Å². The van der Waals surface area contributed by atoms with Gasteiger partial charge in [0.15, 0.2) is 0 Å². The molecule has 16 heavy (non-hydrogen) atoms. The molecule has 2 fully saturated rings. The van der Waals surface area contributed by atoms with Crippen LogP contribution in [0.25, 0.3) is 0 Å². The second kappa shape index (κ2) is 4.31. The summed E-state index contributed by atoms with van der Waals surface area (Å²) in [4.78, 5) is 21.5. The van der Waals surface area contributed by atoms with Crippen molar-refractivity contribution in [1.82, 2.24) is 10.6 Å². The van der Waals surface area contributed by atoms with E-state index >= 15 is 0 Å². The molecular formula is C11H18N2O3. The molecule has 0 bridgehead atoms. The van der Waals surface area contributed by atoms with Gasteiger partial charge < -0.3 is 15.7 Å². The van der Waals surface area contributed by atoms with Crippen LogP contribution in [0.2, 0.25) is 0 Å². The van der Waals surface area contributed by atoms with Crippen molar-refractivity contribution >= 4 is 12.0 Å². The minimum atomic E-state index is -0.713. The van der Waals surface area contributed by atoms with Crippen molar-refractivity contribution in [3.8, 4) is 0 Å². The topological polar surface area (TPSA) is 78.4 Å². The lowest BCUT2D eigenvalue weighted by molar-refractivity contribution is -0.137. The summed E-state index contributed by atoms with van der Waals surface area (Å²) >= 11 is 0. The van der Waals surface area contributed by atoms with Crippen LogP contribution in [0.15, 0.2) is 0 Å². The lowest BCUT2D eigenvalue weighted by Crippen LogP contribution is -2.31. The smallest absolute Gasteiger partial charge is 0.315 e. The zero-order valence-electron chi connectivity index (χ0n) is 9.40. The van der Waals surface area contributed by atoms with Gasteiger partial charge in [0.05, 0.1) is 6.04 Å². The Labute approximate surface area is 94.6 Å². The zero-order valence-corrected chi connectivity index (χ0v) is 9.40. The van der Waals surface area contributed by atoms with Crippen LogP contribution in [0.4, 0.5) is 4.79 Å². The third-order valence-corrected chi connectivity index (χ3v) is 3.63. The molecule has 0 radical (unpaired) electrons. The normalized spacial score (nSPS) is 36.7. The molecule has 1 saturated carbocycles. The Morgan fingerprint density at radius 1 is 1.44 bits per heavy atom. The predicted molar refractivity (Wildman–Crippen MR) is 58.0 cm³/mol. The SMILES string of the molecule is C[C@@H]1NC(=O)N[C@@H]1C[C@@H]1C[C@@H]1CCC(=O)O. The number of aliphatic carboxylic acids is 1. The van der Waals surface area contributed by atoms with Crippen LogP contribution in [-0.4, -0.2) is 29.2 Å². The fourth-order valence-electron chi connectivity index (χ4n) is 2.49. The van der Waals surface area contributed by atoms with Crippen LogP contribution >= 0.6 is 0 Å². The quantitative estimate of drug-likeness (QED) is 0.653. The third kappa shape index (κ3) is 2.65. The third-order valence-electron chi connectivity index (χ3n) is 3.63. The molecule has 0 spiro atoms. The minimum absolute atomic E-state index is 0.0831. The number of hydrogen-bond donors (Lipinski definition) is 3. The maximum atomic E-state index is 11.1. The van der Waals surface area contributed by atoms with Crippen molar-refractivity contribution in [3.05, 3.63) is 0 Å². The van der Waals surface area contributed by atoms with E-state index in [1.807, 2.05) is 6.92 Å². The first-order valence-corrected chi connectivity index (χ1v) is 5.85. The van der Waals surface area contributed by atoms with E-state index in [1.54, 1.807) is 0 Å². The molecule has 2 aliphatic rings. The Hall–Kier alpha value is -1.26. The number of carbonyl (C=O) groups is 2. The van der Waals surface area contributed by atoms with E-state index in [0.29, 0.717) is 11.8 Å². The van der Waals surface area contributed by atoms with Gasteiger partial charge in [0, 0.05) is 12.5 Å². The van der Waals surface area contributed by atoms with E-state index in [-0.39, 0.29) is 24.5 Å². The Balaban J connectivity index is 1.69. The predicted octanol–water partition coefficient (Wildman–Crippen LogP) is 0.947. The Kier molecular flexibility index (Phi) is 3.03. The highest BCUT2D eigenvalue weighted by atomic mass is 16.4. The number of carbonyl (C=O) groups excluding carboxylic acids is 1. The summed E-state index contributed by atoms with van der Waals surface area (Å²) < 4.78 is 0. The van der Waals surface area contributed by atoms with Crippen LogP contribution in [-0.2, 0) is 4.79 Å². The standard InChI is InChI=1S/C11H18N2O3/c1-6-9(13-11(16)12-6)5-8-4-7(8)2-3-10(14)15/h6-9H,2-5H2,1H3,(H,14,15)(H2,12,13,16)/t6-,7-,8-,9+/m0/s1. The van der Waals surface area contributed by atoms with Crippen molar-refractivity contribution in [3.63, 3.8) is 0 Å². The Morgan fingerprint density at radius 3 is 2.75 bits per heavy atom. The van der Waals surface area contributed by atoms with Crippen LogP contribution in [0.1, 0.15) is 32.6 Å². The average Bonchev–Trinajstić information content (AvgIpc) is 2.84.